The van der Waals surface area contributed by atoms with Crippen molar-refractivity contribution in [3.05, 3.63) is 22.7 Å². The zero-order chi connectivity index (χ0) is 11.7. The SMILES string of the molecule is Nc1cc(Br)ccc1N1CC(CO)CC1=O. The number of nitrogens with zero attached hydrogens (tertiary/aromatic N) is 1. The van der Waals surface area contributed by atoms with Crippen molar-refractivity contribution < 1.29 is 9.90 Å². The van der Waals surface area contributed by atoms with Gasteiger partial charge in [0.15, 0.2) is 0 Å². The molecule has 3 N–H and O–H groups in total. The second kappa shape index (κ2) is 4.43. The molecule has 86 valence electrons. The van der Waals surface area contributed by atoms with E-state index in [4.69, 9.17) is 10.8 Å². The van der Waals surface area contributed by atoms with Crippen LogP contribution in [0.1, 0.15) is 6.42 Å². The number of halogens is 1. The van der Waals surface area contributed by atoms with Crippen LogP contribution in [0.25, 0.3) is 0 Å². The Balaban J connectivity index is 2.28. The van der Waals surface area contributed by atoms with Gasteiger partial charge in [-0.25, -0.2) is 0 Å². The molecule has 0 bridgehead atoms. The third-order valence-corrected chi connectivity index (χ3v) is 3.24. The molecular formula is C11H13BrN2O2. The van der Waals surface area contributed by atoms with E-state index in [2.05, 4.69) is 15.9 Å². The predicted molar refractivity (Wildman–Crippen MR) is 66.1 cm³/mol. The van der Waals surface area contributed by atoms with Crippen LogP contribution >= 0.6 is 15.9 Å². The fourth-order valence-electron chi connectivity index (χ4n) is 1.91. The Kier molecular flexibility index (Phi) is 3.16. The molecule has 1 unspecified atom stereocenters. The van der Waals surface area contributed by atoms with Gasteiger partial charge in [-0.2, -0.15) is 0 Å². The van der Waals surface area contributed by atoms with Crippen LogP contribution in [0.5, 0.6) is 0 Å². The lowest BCUT2D eigenvalue weighted by molar-refractivity contribution is -0.117. The topological polar surface area (TPSA) is 66.6 Å². The van der Waals surface area contributed by atoms with Crippen LogP contribution in [-0.2, 0) is 4.79 Å². The molecule has 1 aliphatic rings. The molecule has 2 rings (SSSR count). The monoisotopic (exact) mass is 284 g/mol. The van der Waals surface area contributed by atoms with Crippen molar-refractivity contribution >= 4 is 33.2 Å². The number of hydrogen-bond acceptors (Lipinski definition) is 3. The van der Waals surface area contributed by atoms with E-state index in [0.717, 1.165) is 10.2 Å². The predicted octanol–water partition coefficient (Wildman–Crippen LogP) is 1.38. The standard InChI is InChI=1S/C11H13BrN2O2/c12-8-1-2-10(9(13)4-8)14-5-7(6-15)3-11(14)16/h1-2,4,7,15H,3,5-6,13H2. The van der Waals surface area contributed by atoms with Crippen LogP contribution in [-0.4, -0.2) is 24.2 Å². The average Bonchev–Trinajstić information content (AvgIpc) is 2.60. The first-order valence-electron chi connectivity index (χ1n) is 5.08. The van der Waals surface area contributed by atoms with E-state index in [1.54, 1.807) is 11.0 Å². The van der Waals surface area contributed by atoms with Crippen LogP contribution in [0.4, 0.5) is 11.4 Å². The van der Waals surface area contributed by atoms with Gasteiger partial charge >= 0.3 is 0 Å². The van der Waals surface area contributed by atoms with Crippen LogP contribution in [0.15, 0.2) is 22.7 Å². The molecule has 0 radical (unpaired) electrons. The van der Waals surface area contributed by atoms with E-state index in [1.807, 2.05) is 12.1 Å². The molecule has 0 aromatic heterocycles. The van der Waals surface area contributed by atoms with Gasteiger partial charge in [0.2, 0.25) is 5.91 Å². The van der Waals surface area contributed by atoms with Gasteiger partial charge in [0.25, 0.3) is 0 Å². The Morgan fingerprint density at radius 3 is 2.88 bits per heavy atom. The molecule has 0 saturated carbocycles. The molecule has 0 spiro atoms. The quantitative estimate of drug-likeness (QED) is 0.807. The minimum atomic E-state index is 0.0214. The van der Waals surface area contributed by atoms with Crippen LogP contribution in [0, 0.1) is 5.92 Å². The van der Waals surface area contributed by atoms with Crippen LogP contribution in [0.3, 0.4) is 0 Å². The normalized spacial score (nSPS) is 20.5. The number of hydrogen-bond donors (Lipinski definition) is 2. The Bertz CT molecular complexity index is 422. The van der Waals surface area contributed by atoms with E-state index in [0.29, 0.717) is 18.7 Å². The molecule has 16 heavy (non-hydrogen) atoms. The van der Waals surface area contributed by atoms with Crippen molar-refractivity contribution in [1.29, 1.82) is 0 Å². The molecule has 1 heterocycles. The number of anilines is 2. The first-order valence-corrected chi connectivity index (χ1v) is 5.87. The van der Waals surface area contributed by atoms with Crippen molar-refractivity contribution in [1.82, 2.24) is 0 Å². The number of benzene rings is 1. The molecule has 1 atom stereocenters. The number of aliphatic hydroxyl groups excluding tert-OH is 1. The van der Waals surface area contributed by atoms with E-state index in [-0.39, 0.29) is 18.4 Å². The Labute approximate surface area is 102 Å². The van der Waals surface area contributed by atoms with Crippen molar-refractivity contribution in [2.45, 2.75) is 6.42 Å². The molecule has 1 aromatic rings. The maximum absolute atomic E-state index is 11.7. The summed E-state index contributed by atoms with van der Waals surface area (Å²) in [6.07, 6.45) is 0.395. The fourth-order valence-corrected chi connectivity index (χ4v) is 2.29. The summed E-state index contributed by atoms with van der Waals surface area (Å²) in [7, 11) is 0. The number of carbonyl (C=O) groups is 1. The summed E-state index contributed by atoms with van der Waals surface area (Å²) >= 11 is 3.32. The van der Waals surface area contributed by atoms with Crippen LogP contribution < -0.4 is 10.6 Å². The largest absolute Gasteiger partial charge is 0.397 e. The first kappa shape index (κ1) is 11.4. The lowest BCUT2D eigenvalue weighted by atomic mass is 10.1. The second-order valence-corrected chi connectivity index (χ2v) is 4.88. The first-order chi connectivity index (χ1) is 7.61. The van der Waals surface area contributed by atoms with Gasteiger partial charge in [-0.15, -0.1) is 0 Å². The summed E-state index contributed by atoms with van der Waals surface area (Å²) in [5, 5.41) is 9.04. The number of nitrogen functional groups attached to an aromatic ring is 1. The third-order valence-electron chi connectivity index (χ3n) is 2.74. The van der Waals surface area contributed by atoms with Crippen LogP contribution in [0.2, 0.25) is 0 Å². The summed E-state index contributed by atoms with van der Waals surface area (Å²) in [6, 6.07) is 5.44. The molecule has 5 heteroatoms. The minimum Gasteiger partial charge on any atom is -0.397 e. The van der Waals surface area contributed by atoms with E-state index in [9.17, 15) is 4.79 Å². The summed E-state index contributed by atoms with van der Waals surface area (Å²) in [4.78, 5) is 13.4. The highest BCUT2D eigenvalue weighted by Gasteiger charge is 2.30. The summed E-state index contributed by atoms with van der Waals surface area (Å²) < 4.78 is 0.888. The van der Waals surface area contributed by atoms with E-state index < -0.39 is 0 Å². The highest BCUT2D eigenvalue weighted by molar-refractivity contribution is 9.10. The average molecular weight is 285 g/mol. The number of carbonyl (C=O) groups excluding carboxylic acids is 1. The molecule has 1 saturated heterocycles. The zero-order valence-corrected chi connectivity index (χ0v) is 10.3. The summed E-state index contributed by atoms with van der Waals surface area (Å²) in [5.41, 5.74) is 7.16. The van der Waals surface area contributed by atoms with E-state index in [1.165, 1.54) is 0 Å². The number of amides is 1. The molecule has 4 nitrogen and oxygen atoms in total. The van der Waals surface area contributed by atoms with Gasteiger partial charge in [-0.1, -0.05) is 15.9 Å². The highest BCUT2D eigenvalue weighted by Crippen LogP contribution is 2.31. The second-order valence-electron chi connectivity index (χ2n) is 3.96. The third kappa shape index (κ3) is 2.05. The van der Waals surface area contributed by atoms with Gasteiger partial charge in [-0.05, 0) is 18.2 Å². The molecular weight excluding hydrogens is 272 g/mol. The summed E-state index contributed by atoms with van der Waals surface area (Å²) in [6.45, 7) is 0.583. The lowest BCUT2D eigenvalue weighted by Gasteiger charge is -2.18. The van der Waals surface area contributed by atoms with Crippen molar-refractivity contribution in [2.24, 2.45) is 5.92 Å². The van der Waals surface area contributed by atoms with Gasteiger partial charge in [-0.3, -0.25) is 4.79 Å². The molecule has 1 aliphatic heterocycles. The molecule has 0 aliphatic carbocycles. The Hall–Kier alpha value is -1.07. The van der Waals surface area contributed by atoms with Crippen molar-refractivity contribution in [3.63, 3.8) is 0 Å². The fraction of sp³-hybridized carbons (Fsp3) is 0.364. The maximum atomic E-state index is 11.7. The smallest absolute Gasteiger partial charge is 0.227 e. The van der Waals surface area contributed by atoms with Crippen molar-refractivity contribution in [3.8, 4) is 0 Å². The molecule has 1 aromatic carbocycles. The van der Waals surface area contributed by atoms with Gasteiger partial charge in [0.05, 0.1) is 11.4 Å². The Morgan fingerprint density at radius 1 is 1.56 bits per heavy atom. The molecule has 1 fully saturated rings. The number of aliphatic hydroxyl groups is 1. The van der Waals surface area contributed by atoms with E-state index >= 15 is 0 Å². The minimum absolute atomic E-state index is 0.0214. The van der Waals surface area contributed by atoms with Gasteiger partial charge < -0.3 is 15.7 Å². The Morgan fingerprint density at radius 2 is 2.31 bits per heavy atom. The number of nitrogens with two attached hydrogens (primary N) is 1. The highest BCUT2D eigenvalue weighted by atomic mass is 79.9. The zero-order valence-electron chi connectivity index (χ0n) is 8.69. The summed E-state index contributed by atoms with van der Waals surface area (Å²) in [5.74, 6) is 0.0450. The van der Waals surface area contributed by atoms with Gasteiger partial charge in [0.1, 0.15) is 0 Å². The van der Waals surface area contributed by atoms with Crippen molar-refractivity contribution in [2.75, 3.05) is 23.8 Å². The molecule has 1 amide bonds. The lowest BCUT2D eigenvalue weighted by Crippen LogP contribution is -2.25. The maximum Gasteiger partial charge on any atom is 0.227 e. The van der Waals surface area contributed by atoms with Gasteiger partial charge in [0, 0.05) is 30.0 Å². The number of rotatable bonds is 2.